The Balaban J connectivity index is 1.77. The van der Waals surface area contributed by atoms with E-state index in [0.717, 1.165) is 11.3 Å². The van der Waals surface area contributed by atoms with Gasteiger partial charge >= 0.3 is 5.97 Å². The lowest BCUT2D eigenvalue weighted by molar-refractivity contribution is -0.129. The first-order valence-corrected chi connectivity index (χ1v) is 8.58. The molecule has 0 radical (unpaired) electrons. The standard InChI is InChI=1S/C21H20N2O4/c1-13(2)26-18-10-4-15(5-11-18)12-19-21(25)27-20(23-19)16-6-8-17(9-7-16)22-14(3)24/h4-13H,1-3H3,(H,22,24)/b19-12-. The maximum atomic E-state index is 12.1. The van der Waals surface area contributed by atoms with Crippen molar-refractivity contribution < 1.29 is 19.1 Å². The maximum Gasteiger partial charge on any atom is 0.363 e. The van der Waals surface area contributed by atoms with Gasteiger partial charge in [0, 0.05) is 18.2 Å². The molecule has 0 saturated carbocycles. The fraction of sp³-hybridized carbons (Fsp3) is 0.190. The summed E-state index contributed by atoms with van der Waals surface area (Å²) in [5.41, 5.74) is 2.37. The number of nitrogens with one attached hydrogen (secondary N) is 1. The van der Waals surface area contributed by atoms with Crippen LogP contribution in [0.5, 0.6) is 5.75 Å². The van der Waals surface area contributed by atoms with Crippen LogP contribution in [0.2, 0.25) is 0 Å². The van der Waals surface area contributed by atoms with Gasteiger partial charge in [-0.3, -0.25) is 4.79 Å². The summed E-state index contributed by atoms with van der Waals surface area (Å²) in [6.07, 6.45) is 1.77. The van der Waals surface area contributed by atoms with E-state index in [1.807, 2.05) is 38.1 Å². The quantitative estimate of drug-likeness (QED) is 0.647. The number of carbonyl (C=O) groups excluding carboxylic acids is 2. The number of ether oxygens (including phenoxy) is 2. The molecule has 2 aromatic rings. The minimum atomic E-state index is -0.501. The van der Waals surface area contributed by atoms with Crippen molar-refractivity contribution >= 4 is 29.5 Å². The monoisotopic (exact) mass is 364 g/mol. The molecule has 1 aliphatic rings. The summed E-state index contributed by atoms with van der Waals surface area (Å²) in [6.45, 7) is 5.36. The molecule has 0 aromatic heterocycles. The zero-order valence-electron chi connectivity index (χ0n) is 15.4. The normalized spacial score (nSPS) is 14.9. The van der Waals surface area contributed by atoms with E-state index >= 15 is 0 Å². The first-order chi connectivity index (χ1) is 12.9. The number of hydrogen-bond donors (Lipinski definition) is 1. The van der Waals surface area contributed by atoms with Crippen LogP contribution in [0.25, 0.3) is 6.08 Å². The zero-order chi connectivity index (χ0) is 19.4. The van der Waals surface area contributed by atoms with Crippen molar-refractivity contribution in [3.05, 3.63) is 65.4 Å². The van der Waals surface area contributed by atoms with Crippen molar-refractivity contribution in [3.63, 3.8) is 0 Å². The average Bonchev–Trinajstić information content (AvgIpc) is 2.97. The summed E-state index contributed by atoms with van der Waals surface area (Å²) in [7, 11) is 0. The summed E-state index contributed by atoms with van der Waals surface area (Å²) in [5.74, 6) is 0.353. The number of amides is 1. The molecule has 6 nitrogen and oxygen atoms in total. The number of aliphatic imine (C=N–C) groups is 1. The van der Waals surface area contributed by atoms with Gasteiger partial charge in [-0.25, -0.2) is 9.79 Å². The van der Waals surface area contributed by atoms with Crippen molar-refractivity contribution in [2.24, 2.45) is 4.99 Å². The topological polar surface area (TPSA) is 77.0 Å². The minimum absolute atomic E-state index is 0.100. The predicted octanol–water partition coefficient (Wildman–Crippen LogP) is 3.78. The van der Waals surface area contributed by atoms with Gasteiger partial charge in [-0.1, -0.05) is 12.1 Å². The lowest BCUT2D eigenvalue weighted by Gasteiger charge is -2.09. The van der Waals surface area contributed by atoms with Gasteiger partial charge in [0.05, 0.1) is 6.10 Å². The van der Waals surface area contributed by atoms with E-state index in [0.29, 0.717) is 11.3 Å². The molecule has 1 aliphatic heterocycles. The van der Waals surface area contributed by atoms with E-state index in [1.54, 1.807) is 30.3 Å². The van der Waals surface area contributed by atoms with Crippen LogP contribution in [-0.2, 0) is 14.3 Å². The van der Waals surface area contributed by atoms with Crippen LogP contribution in [0.4, 0.5) is 5.69 Å². The number of benzene rings is 2. The van der Waals surface area contributed by atoms with Crippen LogP contribution < -0.4 is 10.1 Å². The molecule has 2 aromatic carbocycles. The number of carbonyl (C=O) groups is 2. The van der Waals surface area contributed by atoms with E-state index in [4.69, 9.17) is 9.47 Å². The highest BCUT2D eigenvalue weighted by atomic mass is 16.6. The molecule has 6 heteroatoms. The molecule has 138 valence electrons. The van der Waals surface area contributed by atoms with Crippen LogP contribution in [0.1, 0.15) is 31.9 Å². The first-order valence-electron chi connectivity index (χ1n) is 8.58. The lowest BCUT2D eigenvalue weighted by atomic mass is 10.2. The Labute approximate surface area is 157 Å². The fourth-order valence-corrected chi connectivity index (χ4v) is 2.50. The summed E-state index contributed by atoms with van der Waals surface area (Å²) in [6, 6.07) is 14.3. The van der Waals surface area contributed by atoms with Crippen LogP contribution in [0, 0.1) is 0 Å². The van der Waals surface area contributed by atoms with E-state index in [2.05, 4.69) is 10.3 Å². The molecule has 1 N–H and O–H groups in total. The Bertz CT molecular complexity index is 910. The summed E-state index contributed by atoms with van der Waals surface area (Å²) in [4.78, 5) is 27.5. The van der Waals surface area contributed by atoms with Crippen molar-refractivity contribution in [1.82, 2.24) is 0 Å². The molecule has 27 heavy (non-hydrogen) atoms. The van der Waals surface area contributed by atoms with Crippen molar-refractivity contribution in [3.8, 4) is 5.75 Å². The molecule has 0 unspecified atom stereocenters. The van der Waals surface area contributed by atoms with Gasteiger partial charge in [0.25, 0.3) is 0 Å². The minimum Gasteiger partial charge on any atom is -0.491 e. The van der Waals surface area contributed by atoms with E-state index in [-0.39, 0.29) is 23.6 Å². The molecule has 0 spiro atoms. The highest BCUT2D eigenvalue weighted by Crippen LogP contribution is 2.21. The van der Waals surface area contributed by atoms with Gasteiger partial charge in [-0.05, 0) is 61.9 Å². The third kappa shape index (κ3) is 4.82. The molecule has 0 aliphatic carbocycles. The van der Waals surface area contributed by atoms with Gasteiger partial charge in [0.2, 0.25) is 11.8 Å². The Hall–Kier alpha value is -3.41. The van der Waals surface area contributed by atoms with Crippen LogP contribution in [0.15, 0.2) is 59.2 Å². The van der Waals surface area contributed by atoms with Crippen LogP contribution in [0.3, 0.4) is 0 Å². The second-order valence-electron chi connectivity index (χ2n) is 6.33. The molecule has 0 fully saturated rings. The Morgan fingerprint density at radius 2 is 1.78 bits per heavy atom. The third-order valence-corrected chi connectivity index (χ3v) is 3.63. The van der Waals surface area contributed by atoms with Crippen LogP contribution >= 0.6 is 0 Å². The Morgan fingerprint density at radius 3 is 2.37 bits per heavy atom. The summed E-state index contributed by atoms with van der Waals surface area (Å²) in [5, 5.41) is 2.68. The molecule has 0 atom stereocenters. The largest absolute Gasteiger partial charge is 0.491 e. The highest BCUT2D eigenvalue weighted by molar-refractivity contribution is 6.13. The Morgan fingerprint density at radius 1 is 1.11 bits per heavy atom. The molecular formula is C21H20N2O4. The highest BCUT2D eigenvalue weighted by Gasteiger charge is 2.24. The van der Waals surface area contributed by atoms with Gasteiger partial charge in [0.15, 0.2) is 5.70 Å². The van der Waals surface area contributed by atoms with Gasteiger partial charge in [-0.15, -0.1) is 0 Å². The molecular weight excluding hydrogens is 344 g/mol. The van der Waals surface area contributed by atoms with Crippen molar-refractivity contribution in [2.45, 2.75) is 26.9 Å². The number of rotatable bonds is 5. The lowest BCUT2D eigenvalue weighted by Crippen LogP contribution is -2.07. The fourth-order valence-electron chi connectivity index (χ4n) is 2.50. The number of cyclic esters (lactones) is 1. The number of esters is 1. The van der Waals surface area contributed by atoms with Crippen molar-refractivity contribution in [1.29, 1.82) is 0 Å². The second kappa shape index (κ2) is 7.86. The predicted molar refractivity (Wildman–Crippen MR) is 104 cm³/mol. The van der Waals surface area contributed by atoms with Crippen molar-refractivity contribution in [2.75, 3.05) is 5.32 Å². The third-order valence-electron chi connectivity index (χ3n) is 3.63. The van der Waals surface area contributed by atoms with E-state index in [9.17, 15) is 9.59 Å². The molecule has 0 saturated heterocycles. The Kier molecular flexibility index (Phi) is 5.35. The molecule has 0 bridgehead atoms. The number of nitrogens with zero attached hydrogens (tertiary/aromatic N) is 1. The summed E-state index contributed by atoms with van der Waals surface area (Å²) < 4.78 is 10.9. The maximum absolute atomic E-state index is 12.1. The molecule has 1 amide bonds. The summed E-state index contributed by atoms with van der Waals surface area (Å²) >= 11 is 0. The van der Waals surface area contributed by atoms with E-state index in [1.165, 1.54) is 6.92 Å². The van der Waals surface area contributed by atoms with Gasteiger partial charge < -0.3 is 14.8 Å². The van der Waals surface area contributed by atoms with Gasteiger partial charge in [-0.2, -0.15) is 0 Å². The SMILES string of the molecule is CC(=O)Nc1ccc(C2=N/C(=C\c3ccc(OC(C)C)cc3)C(=O)O2)cc1. The zero-order valence-corrected chi connectivity index (χ0v) is 15.4. The van der Waals surface area contributed by atoms with Gasteiger partial charge in [0.1, 0.15) is 5.75 Å². The van der Waals surface area contributed by atoms with Crippen LogP contribution in [-0.4, -0.2) is 23.9 Å². The molecule has 3 rings (SSSR count). The number of anilines is 1. The smallest absolute Gasteiger partial charge is 0.363 e. The number of hydrogen-bond acceptors (Lipinski definition) is 5. The average molecular weight is 364 g/mol. The first kappa shape index (κ1) is 18.4. The van der Waals surface area contributed by atoms with E-state index < -0.39 is 5.97 Å². The molecule has 1 heterocycles. The second-order valence-corrected chi connectivity index (χ2v) is 6.33.